The van der Waals surface area contributed by atoms with E-state index in [1.165, 1.54) is 32.4 Å². The van der Waals surface area contributed by atoms with Gasteiger partial charge in [0, 0.05) is 24.5 Å². The van der Waals surface area contributed by atoms with E-state index in [-0.39, 0.29) is 5.91 Å². The van der Waals surface area contributed by atoms with Gasteiger partial charge in [0.25, 0.3) is 0 Å². The molecule has 2 aliphatic rings. The monoisotopic (exact) mass is 326 g/mol. The van der Waals surface area contributed by atoms with E-state index in [2.05, 4.69) is 15.9 Å². The highest BCUT2D eigenvalue weighted by Gasteiger charge is 2.29. The molecule has 2 aliphatic heterocycles. The number of hydrogen-bond acceptors (Lipinski definition) is 3. The first-order valence-corrected chi connectivity index (χ1v) is 9.28. The summed E-state index contributed by atoms with van der Waals surface area (Å²) < 4.78 is 5.46. The van der Waals surface area contributed by atoms with E-state index in [0.717, 1.165) is 42.5 Å². The molecule has 1 aromatic heterocycles. The smallest absolute Gasteiger partial charge is 0.227 e. The fourth-order valence-electron chi connectivity index (χ4n) is 4.26. The molecule has 1 unspecified atom stereocenters. The minimum Gasteiger partial charge on any atom is -0.464 e. The van der Waals surface area contributed by atoms with Crippen LogP contribution < -0.4 is 0 Å². The minimum atomic E-state index is 0.271. The normalized spacial score (nSPS) is 22.3. The van der Waals surface area contributed by atoms with Crippen LogP contribution >= 0.6 is 0 Å². The van der Waals surface area contributed by atoms with Gasteiger partial charge < -0.3 is 14.2 Å². The minimum absolute atomic E-state index is 0.271. The van der Waals surface area contributed by atoms with Crippen LogP contribution in [0.4, 0.5) is 0 Å². The van der Waals surface area contributed by atoms with Crippen molar-refractivity contribution >= 4 is 16.9 Å². The van der Waals surface area contributed by atoms with E-state index in [1.54, 1.807) is 6.26 Å². The first-order valence-electron chi connectivity index (χ1n) is 9.28. The standard InChI is InChI=1S/C20H26N2O2/c23-20(14-16-6-5-8-19-18(16)9-13-24-19)22-12-2-1-7-17(22)15-21-10-3-4-11-21/h5-6,8-9,13,17H,1-4,7,10-12,14-15H2. The number of hydrogen-bond donors (Lipinski definition) is 0. The zero-order chi connectivity index (χ0) is 16.4. The summed E-state index contributed by atoms with van der Waals surface area (Å²) >= 11 is 0. The zero-order valence-electron chi connectivity index (χ0n) is 14.2. The van der Waals surface area contributed by atoms with Crippen LogP contribution in [0.1, 0.15) is 37.7 Å². The lowest BCUT2D eigenvalue weighted by Gasteiger charge is -2.38. The van der Waals surface area contributed by atoms with Crippen LogP contribution in [0.2, 0.25) is 0 Å². The predicted octanol–water partition coefficient (Wildman–Crippen LogP) is 3.45. The van der Waals surface area contributed by atoms with Gasteiger partial charge >= 0.3 is 0 Å². The average molecular weight is 326 g/mol. The topological polar surface area (TPSA) is 36.7 Å². The van der Waals surface area contributed by atoms with Gasteiger partial charge in [-0.1, -0.05) is 12.1 Å². The average Bonchev–Trinajstić information content (AvgIpc) is 3.27. The lowest BCUT2D eigenvalue weighted by molar-refractivity contribution is -0.134. The molecule has 24 heavy (non-hydrogen) atoms. The maximum atomic E-state index is 13.0. The van der Waals surface area contributed by atoms with Crippen molar-refractivity contribution in [1.82, 2.24) is 9.80 Å². The molecule has 0 radical (unpaired) electrons. The van der Waals surface area contributed by atoms with Crippen LogP contribution in [0.5, 0.6) is 0 Å². The fraction of sp³-hybridized carbons (Fsp3) is 0.550. The second kappa shape index (κ2) is 6.98. The Balaban J connectivity index is 1.47. The Labute approximate surface area is 143 Å². The van der Waals surface area contributed by atoms with E-state index in [0.29, 0.717) is 12.5 Å². The highest BCUT2D eigenvalue weighted by atomic mass is 16.3. The van der Waals surface area contributed by atoms with Crippen LogP contribution in [0.15, 0.2) is 34.9 Å². The van der Waals surface area contributed by atoms with Crippen molar-refractivity contribution in [3.63, 3.8) is 0 Å². The first-order chi connectivity index (χ1) is 11.8. The van der Waals surface area contributed by atoms with Gasteiger partial charge in [-0.25, -0.2) is 0 Å². The lowest BCUT2D eigenvalue weighted by Crippen LogP contribution is -2.49. The molecular weight excluding hydrogens is 300 g/mol. The SMILES string of the molecule is O=C(Cc1cccc2occc12)N1CCCCC1CN1CCCC1. The Kier molecular flexibility index (Phi) is 4.56. The van der Waals surface area contributed by atoms with Gasteiger partial charge in [0.05, 0.1) is 12.7 Å². The van der Waals surface area contributed by atoms with Crippen molar-refractivity contribution in [3.8, 4) is 0 Å². The molecule has 2 saturated heterocycles. The predicted molar refractivity (Wildman–Crippen MR) is 94.9 cm³/mol. The molecule has 1 atom stereocenters. The Morgan fingerprint density at radius 1 is 1.08 bits per heavy atom. The number of amides is 1. The van der Waals surface area contributed by atoms with Gasteiger partial charge in [-0.05, 0) is 62.9 Å². The van der Waals surface area contributed by atoms with Crippen LogP contribution in [0.25, 0.3) is 11.0 Å². The molecule has 2 aromatic rings. The summed E-state index contributed by atoms with van der Waals surface area (Å²) in [4.78, 5) is 17.7. The first kappa shape index (κ1) is 15.7. The third kappa shape index (κ3) is 3.20. The number of furan rings is 1. The highest BCUT2D eigenvalue weighted by Crippen LogP contribution is 2.24. The highest BCUT2D eigenvalue weighted by molar-refractivity contribution is 5.87. The summed E-state index contributed by atoms with van der Waals surface area (Å²) in [7, 11) is 0. The summed E-state index contributed by atoms with van der Waals surface area (Å²) in [6.45, 7) is 4.38. The molecule has 0 spiro atoms. The molecule has 0 bridgehead atoms. The number of nitrogens with zero attached hydrogens (tertiary/aromatic N) is 2. The van der Waals surface area contributed by atoms with Crippen molar-refractivity contribution in [3.05, 3.63) is 36.1 Å². The van der Waals surface area contributed by atoms with Crippen LogP contribution in [-0.2, 0) is 11.2 Å². The Bertz CT molecular complexity index is 702. The molecule has 128 valence electrons. The molecule has 1 amide bonds. The summed E-state index contributed by atoms with van der Waals surface area (Å²) in [6.07, 6.45) is 8.34. The fourth-order valence-corrected chi connectivity index (χ4v) is 4.26. The molecule has 3 heterocycles. The van der Waals surface area contributed by atoms with Crippen molar-refractivity contribution in [2.45, 2.75) is 44.6 Å². The Morgan fingerprint density at radius 3 is 2.79 bits per heavy atom. The lowest BCUT2D eigenvalue weighted by atomic mass is 9.99. The Morgan fingerprint density at radius 2 is 1.92 bits per heavy atom. The largest absolute Gasteiger partial charge is 0.464 e. The number of benzene rings is 1. The van der Waals surface area contributed by atoms with Gasteiger partial charge in [0.1, 0.15) is 5.58 Å². The number of piperidine rings is 1. The van der Waals surface area contributed by atoms with Crippen LogP contribution in [-0.4, -0.2) is 47.9 Å². The summed E-state index contributed by atoms with van der Waals surface area (Å²) in [5.41, 5.74) is 1.95. The van der Waals surface area contributed by atoms with Crippen LogP contribution in [0.3, 0.4) is 0 Å². The molecule has 4 rings (SSSR count). The van der Waals surface area contributed by atoms with E-state index in [4.69, 9.17) is 4.42 Å². The number of likely N-dealkylation sites (tertiary alicyclic amines) is 2. The molecular formula is C20H26N2O2. The van der Waals surface area contributed by atoms with E-state index < -0.39 is 0 Å². The molecule has 4 heteroatoms. The van der Waals surface area contributed by atoms with Gasteiger partial charge in [-0.3, -0.25) is 4.79 Å². The van der Waals surface area contributed by atoms with Crippen molar-refractivity contribution in [2.75, 3.05) is 26.2 Å². The van der Waals surface area contributed by atoms with E-state index in [1.807, 2.05) is 18.2 Å². The van der Waals surface area contributed by atoms with E-state index >= 15 is 0 Å². The van der Waals surface area contributed by atoms with Crippen LogP contribution in [0, 0.1) is 0 Å². The van der Waals surface area contributed by atoms with Gasteiger partial charge in [-0.15, -0.1) is 0 Å². The second-order valence-electron chi connectivity index (χ2n) is 7.17. The maximum Gasteiger partial charge on any atom is 0.227 e. The van der Waals surface area contributed by atoms with Crippen molar-refractivity contribution in [2.24, 2.45) is 0 Å². The zero-order valence-corrected chi connectivity index (χ0v) is 14.2. The summed E-state index contributed by atoms with van der Waals surface area (Å²) in [5.74, 6) is 0.271. The van der Waals surface area contributed by atoms with Crippen molar-refractivity contribution < 1.29 is 9.21 Å². The van der Waals surface area contributed by atoms with E-state index in [9.17, 15) is 4.79 Å². The number of fused-ring (bicyclic) bond motifs is 1. The third-order valence-corrected chi connectivity index (χ3v) is 5.54. The molecule has 4 nitrogen and oxygen atoms in total. The number of rotatable bonds is 4. The van der Waals surface area contributed by atoms with Gasteiger partial charge in [-0.2, -0.15) is 0 Å². The third-order valence-electron chi connectivity index (χ3n) is 5.54. The summed E-state index contributed by atoms with van der Waals surface area (Å²) in [5, 5.41) is 1.07. The molecule has 2 fully saturated rings. The molecule has 1 aromatic carbocycles. The second-order valence-corrected chi connectivity index (χ2v) is 7.17. The van der Waals surface area contributed by atoms with Crippen molar-refractivity contribution in [1.29, 1.82) is 0 Å². The maximum absolute atomic E-state index is 13.0. The van der Waals surface area contributed by atoms with Gasteiger partial charge in [0.15, 0.2) is 0 Å². The molecule has 0 N–H and O–H groups in total. The van der Waals surface area contributed by atoms with Gasteiger partial charge in [0.2, 0.25) is 5.91 Å². The Hall–Kier alpha value is -1.81. The molecule has 0 aliphatic carbocycles. The molecule has 0 saturated carbocycles. The number of carbonyl (C=O) groups is 1. The quantitative estimate of drug-likeness (QED) is 0.863. The number of carbonyl (C=O) groups excluding carboxylic acids is 1. The summed E-state index contributed by atoms with van der Waals surface area (Å²) in [6, 6.07) is 8.35.